The van der Waals surface area contributed by atoms with Crippen molar-refractivity contribution in [2.45, 2.75) is 18.8 Å². The zero-order chi connectivity index (χ0) is 13.4. The standard InChI is InChI=1S/C16H12BrFO/c17-11-3-6-14-15(9-11)13(7-8-16(14)19)10-1-4-12(18)5-2-10/h1-6,9,13H,7-8H2. The Hall–Kier alpha value is -1.48. The van der Waals surface area contributed by atoms with Crippen molar-refractivity contribution in [3.8, 4) is 0 Å². The number of ketones is 1. The first-order valence-electron chi connectivity index (χ1n) is 6.23. The summed E-state index contributed by atoms with van der Waals surface area (Å²) in [6, 6.07) is 12.3. The first-order chi connectivity index (χ1) is 9.15. The fourth-order valence-electron chi connectivity index (χ4n) is 2.68. The van der Waals surface area contributed by atoms with Gasteiger partial charge in [0, 0.05) is 22.4 Å². The zero-order valence-electron chi connectivity index (χ0n) is 10.2. The Balaban J connectivity index is 2.10. The lowest BCUT2D eigenvalue weighted by molar-refractivity contribution is 0.0969. The number of halogens is 2. The molecule has 1 atom stereocenters. The smallest absolute Gasteiger partial charge is 0.163 e. The van der Waals surface area contributed by atoms with Crippen LogP contribution >= 0.6 is 15.9 Å². The van der Waals surface area contributed by atoms with Gasteiger partial charge >= 0.3 is 0 Å². The van der Waals surface area contributed by atoms with Gasteiger partial charge in [0.25, 0.3) is 0 Å². The number of hydrogen-bond acceptors (Lipinski definition) is 1. The van der Waals surface area contributed by atoms with Crippen molar-refractivity contribution >= 4 is 21.7 Å². The molecule has 1 aliphatic rings. The number of hydrogen-bond donors (Lipinski definition) is 0. The molecule has 0 amide bonds. The monoisotopic (exact) mass is 318 g/mol. The largest absolute Gasteiger partial charge is 0.294 e. The van der Waals surface area contributed by atoms with E-state index < -0.39 is 0 Å². The third-order valence-corrected chi connectivity index (χ3v) is 4.12. The molecule has 3 rings (SSSR count). The van der Waals surface area contributed by atoms with E-state index in [1.807, 2.05) is 18.2 Å². The number of carbonyl (C=O) groups excluding carboxylic acids is 1. The van der Waals surface area contributed by atoms with E-state index in [2.05, 4.69) is 15.9 Å². The van der Waals surface area contributed by atoms with E-state index in [4.69, 9.17) is 0 Å². The maximum Gasteiger partial charge on any atom is 0.163 e. The summed E-state index contributed by atoms with van der Waals surface area (Å²) < 4.78 is 14.0. The van der Waals surface area contributed by atoms with Gasteiger partial charge in [-0.15, -0.1) is 0 Å². The highest BCUT2D eigenvalue weighted by Gasteiger charge is 2.26. The lowest BCUT2D eigenvalue weighted by Gasteiger charge is -2.25. The number of fused-ring (bicyclic) bond motifs is 1. The highest BCUT2D eigenvalue weighted by molar-refractivity contribution is 9.10. The Morgan fingerprint density at radius 3 is 2.58 bits per heavy atom. The van der Waals surface area contributed by atoms with Crippen molar-refractivity contribution in [1.29, 1.82) is 0 Å². The first kappa shape index (κ1) is 12.5. The van der Waals surface area contributed by atoms with Gasteiger partial charge in [-0.3, -0.25) is 4.79 Å². The van der Waals surface area contributed by atoms with E-state index in [1.165, 1.54) is 12.1 Å². The molecule has 96 valence electrons. The molecule has 0 N–H and O–H groups in total. The third-order valence-electron chi connectivity index (χ3n) is 3.62. The van der Waals surface area contributed by atoms with Crippen molar-refractivity contribution in [3.63, 3.8) is 0 Å². The summed E-state index contributed by atoms with van der Waals surface area (Å²) in [6.45, 7) is 0. The van der Waals surface area contributed by atoms with Crippen LogP contribution in [0.5, 0.6) is 0 Å². The van der Waals surface area contributed by atoms with Gasteiger partial charge in [-0.2, -0.15) is 0 Å². The van der Waals surface area contributed by atoms with Crippen LogP contribution < -0.4 is 0 Å². The van der Waals surface area contributed by atoms with Gasteiger partial charge in [0.05, 0.1) is 0 Å². The second-order valence-corrected chi connectivity index (χ2v) is 5.71. The van der Waals surface area contributed by atoms with E-state index in [1.54, 1.807) is 12.1 Å². The minimum absolute atomic E-state index is 0.172. The number of benzene rings is 2. The summed E-state index contributed by atoms with van der Waals surface area (Å²) in [6.07, 6.45) is 1.34. The van der Waals surface area contributed by atoms with Gasteiger partial charge in [0.1, 0.15) is 5.82 Å². The molecule has 0 aromatic heterocycles. The molecule has 0 saturated heterocycles. The summed E-state index contributed by atoms with van der Waals surface area (Å²) >= 11 is 3.45. The van der Waals surface area contributed by atoms with E-state index >= 15 is 0 Å². The number of carbonyl (C=O) groups is 1. The average molecular weight is 319 g/mol. The first-order valence-corrected chi connectivity index (χ1v) is 7.02. The number of Topliss-reactive ketones (excluding diaryl/α,β-unsaturated/α-hetero) is 1. The molecule has 19 heavy (non-hydrogen) atoms. The maximum absolute atomic E-state index is 13.0. The zero-order valence-corrected chi connectivity index (χ0v) is 11.8. The molecule has 1 nitrogen and oxygen atoms in total. The number of rotatable bonds is 1. The Labute approximate surface area is 119 Å². The van der Waals surface area contributed by atoms with Crippen molar-refractivity contribution in [3.05, 3.63) is 69.4 Å². The van der Waals surface area contributed by atoms with Gasteiger partial charge in [0.2, 0.25) is 0 Å². The van der Waals surface area contributed by atoms with E-state index in [0.29, 0.717) is 6.42 Å². The van der Waals surface area contributed by atoms with Gasteiger partial charge in [-0.25, -0.2) is 4.39 Å². The Morgan fingerprint density at radius 2 is 1.84 bits per heavy atom. The summed E-state index contributed by atoms with van der Waals surface area (Å²) in [7, 11) is 0. The quantitative estimate of drug-likeness (QED) is 0.745. The Morgan fingerprint density at radius 1 is 1.11 bits per heavy atom. The maximum atomic E-state index is 13.0. The normalized spacial score (nSPS) is 18.2. The summed E-state index contributed by atoms with van der Waals surface area (Å²) in [5.41, 5.74) is 2.90. The van der Waals surface area contributed by atoms with Crippen molar-refractivity contribution in [2.75, 3.05) is 0 Å². The van der Waals surface area contributed by atoms with E-state index in [0.717, 1.165) is 27.6 Å². The predicted molar refractivity (Wildman–Crippen MR) is 75.9 cm³/mol. The second kappa shape index (κ2) is 4.89. The topological polar surface area (TPSA) is 17.1 Å². The van der Waals surface area contributed by atoms with Crippen LogP contribution in [0, 0.1) is 5.82 Å². The van der Waals surface area contributed by atoms with Crippen LogP contribution in [0.3, 0.4) is 0 Å². The van der Waals surface area contributed by atoms with Gasteiger partial charge in [0.15, 0.2) is 5.78 Å². The van der Waals surface area contributed by atoms with Crippen LogP contribution in [0.1, 0.15) is 40.2 Å². The summed E-state index contributed by atoms with van der Waals surface area (Å²) in [5.74, 6) is 0.136. The highest BCUT2D eigenvalue weighted by atomic mass is 79.9. The molecular weight excluding hydrogens is 307 g/mol. The third kappa shape index (κ3) is 2.35. The minimum atomic E-state index is -0.231. The Bertz CT molecular complexity index is 634. The molecule has 0 spiro atoms. The van der Waals surface area contributed by atoms with Crippen molar-refractivity contribution in [1.82, 2.24) is 0 Å². The molecule has 0 heterocycles. The van der Waals surface area contributed by atoms with Crippen LogP contribution in [0.15, 0.2) is 46.9 Å². The van der Waals surface area contributed by atoms with Gasteiger partial charge < -0.3 is 0 Å². The molecule has 3 heteroatoms. The van der Waals surface area contributed by atoms with E-state index in [-0.39, 0.29) is 17.5 Å². The predicted octanol–water partition coefficient (Wildman–Crippen LogP) is 4.70. The summed E-state index contributed by atoms with van der Waals surface area (Å²) in [5, 5.41) is 0. The molecule has 0 fully saturated rings. The van der Waals surface area contributed by atoms with E-state index in [9.17, 15) is 9.18 Å². The molecule has 2 aromatic rings. The lowest BCUT2D eigenvalue weighted by atomic mass is 9.78. The van der Waals surface area contributed by atoms with Crippen molar-refractivity contribution in [2.24, 2.45) is 0 Å². The van der Waals surface area contributed by atoms with Gasteiger partial charge in [-0.1, -0.05) is 28.1 Å². The molecule has 0 aliphatic heterocycles. The second-order valence-electron chi connectivity index (χ2n) is 4.80. The Kier molecular flexibility index (Phi) is 3.23. The fourth-order valence-corrected chi connectivity index (χ4v) is 3.06. The van der Waals surface area contributed by atoms with Crippen LogP contribution in [0.25, 0.3) is 0 Å². The molecule has 1 unspecified atom stereocenters. The van der Waals surface area contributed by atoms with Crippen LogP contribution in [-0.4, -0.2) is 5.78 Å². The SMILES string of the molecule is O=C1CCC(c2ccc(F)cc2)c2cc(Br)ccc21. The van der Waals surface area contributed by atoms with Crippen LogP contribution in [0.2, 0.25) is 0 Å². The van der Waals surface area contributed by atoms with Gasteiger partial charge in [-0.05, 0) is 47.9 Å². The molecule has 0 bridgehead atoms. The van der Waals surface area contributed by atoms with Crippen molar-refractivity contribution < 1.29 is 9.18 Å². The average Bonchev–Trinajstić information content (AvgIpc) is 2.40. The van der Waals surface area contributed by atoms with Crippen LogP contribution in [0.4, 0.5) is 4.39 Å². The minimum Gasteiger partial charge on any atom is -0.294 e. The molecule has 1 aliphatic carbocycles. The molecular formula is C16H12BrFO. The van der Waals surface area contributed by atoms with Crippen LogP contribution in [-0.2, 0) is 0 Å². The lowest BCUT2D eigenvalue weighted by Crippen LogP contribution is -2.16. The summed E-state index contributed by atoms with van der Waals surface area (Å²) in [4.78, 5) is 12.0. The fraction of sp³-hybridized carbons (Fsp3) is 0.188. The molecule has 0 saturated carbocycles. The highest BCUT2D eigenvalue weighted by Crippen LogP contribution is 2.37. The molecule has 2 aromatic carbocycles. The molecule has 0 radical (unpaired) electrons.